The van der Waals surface area contributed by atoms with Crippen LogP contribution in [0.3, 0.4) is 0 Å². The monoisotopic (exact) mass is 430 g/mol. The predicted molar refractivity (Wildman–Crippen MR) is 118 cm³/mol. The summed E-state index contributed by atoms with van der Waals surface area (Å²) in [6.07, 6.45) is 4.25. The second-order valence-electron chi connectivity index (χ2n) is 7.83. The lowest BCUT2D eigenvalue weighted by Crippen LogP contribution is -2.32. The second kappa shape index (κ2) is 8.43. The van der Waals surface area contributed by atoms with Crippen molar-refractivity contribution in [2.24, 2.45) is 0 Å². The first-order valence-corrected chi connectivity index (χ1v) is 10.4. The number of aromatic nitrogens is 2. The molecule has 0 spiro atoms. The number of fused-ring (bicyclic) bond motifs is 2. The molecule has 2 aromatic carbocycles. The maximum absolute atomic E-state index is 13.7. The number of rotatable bonds is 4. The molecule has 0 aliphatic carbocycles. The number of nitrogens with zero attached hydrogens (tertiary/aromatic N) is 3. The maximum atomic E-state index is 13.7. The molecule has 3 heterocycles. The number of carbonyl (C=O) groups is 1. The number of hydrogen-bond acceptors (Lipinski definition) is 4. The molecule has 0 saturated carbocycles. The Morgan fingerprint density at radius 2 is 1.84 bits per heavy atom. The van der Waals surface area contributed by atoms with Crippen LogP contribution in [-0.2, 0) is 19.5 Å². The minimum Gasteiger partial charge on any atom is -0.322 e. The van der Waals surface area contributed by atoms with Crippen molar-refractivity contribution in [2.45, 2.75) is 19.5 Å². The molecule has 7 heteroatoms. The van der Waals surface area contributed by atoms with Gasteiger partial charge in [-0.2, -0.15) is 0 Å². The fraction of sp³-hybridized carbons (Fsp3) is 0.160. The van der Waals surface area contributed by atoms with Crippen LogP contribution < -0.4 is 5.32 Å². The van der Waals surface area contributed by atoms with Crippen LogP contribution in [0.15, 0.2) is 67.0 Å². The van der Waals surface area contributed by atoms with Crippen LogP contribution in [0.5, 0.6) is 0 Å². The van der Waals surface area contributed by atoms with Crippen LogP contribution in [0, 0.1) is 11.6 Å². The summed E-state index contributed by atoms with van der Waals surface area (Å²) in [7, 11) is 0. The van der Waals surface area contributed by atoms with E-state index >= 15 is 0 Å². The number of para-hydroxylation sites is 1. The topological polar surface area (TPSA) is 58.1 Å². The van der Waals surface area contributed by atoms with Crippen LogP contribution >= 0.6 is 0 Å². The highest BCUT2D eigenvalue weighted by atomic mass is 19.2. The summed E-state index contributed by atoms with van der Waals surface area (Å²) in [4.78, 5) is 24.5. The summed E-state index contributed by atoms with van der Waals surface area (Å²) in [5.74, 6) is -2.33. The highest BCUT2D eigenvalue weighted by Crippen LogP contribution is 2.29. The first kappa shape index (κ1) is 20.2. The Morgan fingerprint density at radius 1 is 1.03 bits per heavy atom. The van der Waals surface area contributed by atoms with Gasteiger partial charge in [0, 0.05) is 66.8 Å². The zero-order valence-electron chi connectivity index (χ0n) is 17.2. The Kier molecular flexibility index (Phi) is 5.33. The normalized spacial score (nSPS) is 13.7. The van der Waals surface area contributed by atoms with Gasteiger partial charge in [0.25, 0.3) is 5.91 Å². The molecule has 5 nitrogen and oxygen atoms in total. The van der Waals surface area contributed by atoms with Gasteiger partial charge < -0.3 is 5.32 Å². The molecular weight excluding hydrogens is 410 g/mol. The Hall–Kier alpha value is -3.71. The average Bonchev–Trinajstić information content (AvgIpc) is 2.80. The summed E-state index contributed by atoms with van der Waals surface area (Å²) in [6.45, 7) is 2.12. The first-order chi connectivity index (χ1) is 15.6. The minimum absolute atomic E-state index is 0.202. The van der Waals surface area contributed by atoms with Gasteiger partial charge in [0.2, 0.25) is 0 Å². The molecule has 0 radical (unpaired) electrons. The van der Waals surface area contributed by atoms with Crippen LogP contribution in [0.2, 0.25) is 0 Å². The van der Waals surface area contributed by atoms with Gasteiger partial charge in [-0.3, -0.25) is 19.7 Å². The van der Waals surface area contributed by atoms with Gasteiger partial charge in [-0.25, -0.2) is 8.78 Å². The van der Waals surface area contributed by atoms with Crippen molar-refractivity contribution in [3.8, 4) is 0 Å². The van der Waals surface area contributed by atoms with Gasteiger partial charge in [0.1, 0.15) is 0 Å². The van der Waals surface area contributed by atoms with Gasteiger partial charge in [0.15, 0.2) is 11.6 Å². The molecule has 0 atom stereocenters. The van der Waals surface area contributed by atoms with E-state index in [1.54, 1.807) is 12.4 Å². The molecule has 0 saturated heterocycles. The lowest BCUT2D eigenvalue weighted by atomic mass is 9.95. The number of pyridine rings is 2. The van der Waals surface area contributed by atoms with E-state index in [2.05, 4.69) is 15.2 Å². The quantitative estimate of drug-likeness (QED) is 0.509. The molecule has 0 bridgehead atoms. The minimum atomic E-state index is -1.01. The molecule has 0 unspecified atom stereocenters. The van der Waals surface area contributed by atoms with E-state index in [4.69, 9.17) is 4.98 Å². The Balaban J connectivity index is 1.53. The molecule has 1 amide bonds. The molecule has 1 N–H and O–H groups in total. The largest absolute Gasteiger partial charge is 0.322 e. The van der Waals surface area contributed by atoms with Crippen LogP contribution in [0.25, 0.3) is 10.9 Å². The van der Waals surface area contributed by atoms with Crippen molar-refractivity contribution in [2.75, 3.05) is 11.9 Å². The first-order valence-electron chi connectivity index (χ1n) is 10.4. The van der Waals surface area contributed by atoms with Crippen molar-refractivity contribution in [1.29, 1.82) is 0 Å². The highest BCUT2D eigenvalue weighted by Gasteiger charge is 2.26. The van der Waals surface area contributed by atoms with Gasteiger partial charge in [-0.1, -0.05) is 18.2 Å². The number of halogens is 2. The Labute approximate surface area is 183 Å². The van der Waals surface area contributed by atoms with E-state index in [9.17, 15) is 13.6 Å². The second-order valence-corrected chi connectivity index (χ2v) is 7.83. The van der Waals surface area contributed by atoms with E-state index in [0.717, 1.165) is 59.4 Å². The molecule has 5 rings (SSSR count). The van der Waals surface area contributed by atoms with Gasteiger partial charge in [0.05, 0.1) is 11.1 Å². The third-order valence-electron chi connectivity index (χ3n) is 5.69. The molecule has 160 valence electrons. The van der Waals surface area contributed by atoms with Crippen molar-refractivity contribution < 1.29 is 13.6 Å². The third-order valence-corrected chi connectivity index (χ3v) is 5.69. The van der Waals surface area contributed by atoms with E-state index in [1.807, 2.05) is 36.4 Å². The van der Waals surface area contributed by atoms with Crippen molar-refractivity contribution in [3.05, 3.63) is 101 Å². The standard InChI is InChI=1S/C25H20F2N4O/c26-20-6-5-17(13-21(20)27)29-25(32)24-18-3-1-2-4-22(18)30-23-9-12-31(15-19(23)24)14-16-7-10-28-11-8-16/h1-8,10-11,13H,9,12,14-15H2,(H,29,32). The number of hydrogen-bond donors (Lipinski definition) is 1. The van der Waals surface area contributed by atoms with Gasteiger partial charge in [-0.05, 0) is 35.9 Å². The Morgan fingerprint density at radius 3 is 2.66 bits per heavy atom. The molecule has 4 aromatic rings. The summed E-state index contributed by atoms with van der Waals surface area (Å²) in [5.41, 5.74) is 4.37. The van der Waals surface area contributed by atoms with Gasteiger partial charge >= 0.3 is 0 Å². The summed E-state index contributed by atoms with van der Waals surface area (Å²) >= 11 is 0. The van der Waals surface area contributed by atoms with E-state index < -0.39 is 11.6 Å². The summed E-state index contributed by atoms with van der Waals surface area (Å²) in [6, 6.07) is 14.8. The van der Waals surface area contributed by atoms with Crippen molar-refractivity contribution >= 4 is 22.5 Å². The van der Waals surface area contributed by atoms with Crippen LogP contribution in [0.1, 0.15) is 27.2 Å². The summed E-state index contributed by atoms with van der Waals surface area (Å²) in [5, 5.41) is 3.47. The zero-order chi connectivity index (χ0) is 22.1. The number of anilines is 1. The van der Waals surface area contributed by atoms with E-state index in [-0.39, 0.29) is 11.6 Å². The molecule has 1 aliphatic heterocycles. The van der Waals surface area contributed by atoms with E-state index in [1.165, 1.54) is 6.07 Å². The fourth-order valence-corrected chi connectivity index (χ4v) is 4.15. The predicted octanol–water partition coefficient (Wildman–Crippen LogP) is 4.72. The fourth-order valence-electron chi connectivity index (χ4n) is 4.15. The Bertz CT molecular complexity index is 1310. The number of benzene rings is 2. The van der Waals surface area contributed by atoms with Crippen molar-refractivity contribution in [1.82, 2.24) is 14.9 Å². The maximum Gasteiger partial charge on any atom is 0.256 e. The van der Waals surface area contributed by atoms with Crippen LogP contribution in [-0.4, -0.2) is 27.3 Å². The number of nitrogens with one attached hydrogen (secondary N) is 1. The summed E-state index contributed by atoms with van der Waals surface area (Å²) < 4.78 is 27.0. The molecule has 1 aliphatic rings. The number of amides is 1. The highest BCUT2D eigenvalue weighted by molar-refractivity contribution is 6.13. The third kappa shape index (κ3) is 3.94. The number of carbonyl (C=O) groups excluding carboxylic acids is 1. The van der Waals surface area contributed by atoms with Crippen molar-refractivity contribution in [3.63, 3.8) is 0 Å². The average molecular weight is 430 g/mol. The lowest BCUT2D eigenvalue weighted by Gasteiger charge is -2.30. The van der Waals surface area contributed by atoms with E-state index in [0.29, 0.717) is 12.1 Å². The molecule has 32 heavy (non-hydrogen) atoms. The molecular formula is C25H20F2N4O. The molecule has 2 aromatic heterocycles. The SMILES string of the molecule is O=C(Nc1ccc(F)c(F)c1)c1c2c(nc3ccccc13)CCN(Cc1ccncc1)C2. The lowest BCUT2D eigenvalue weighted by molar-refractivity contribution is 0.102. The molecule has 0 fully saturated rings. The van der Waals surface area contributed by atoms with Crippen LogP contribution in [0.4, 0.5) is 14.5 Å². The van der Waals surface area contributed by atoms with Gasteiger partial charge in [-0.15, -0.1) is 0 Å². The zero-order valence-corrected chi connectivity index (χ0v) is 17.2. The smallest absolute Gasteiger partial charge is 0.256 e.